The van der Waals surface area contributed by atoms with Gasteiger partial charge in [0, 0.05) is 20.8 Å². The first-order valence-corrected chi connectivity index (χ1v) is 8.56. The van der Waals surface area contributed by atoms with Crippen molar-refractivity contribution in [3.63, 3.8) is 0 Å². The molecule has 0 unspecified atom stereocenters. The van der Waals surface area contributed by atoms with E-state index >= 15 is 0 Å². The lowest BCUT2D eigenvalue weighted by molar-refractivity contribution is 0.600. The summed E-state index contributed by atoms with van der Waals surface area (Å²) in [6, 6.07) is 4.80. The lowest BCUT2D eigenvalue weighted by Gasteiger charge is -2.13. The minimum atomic E-state index is -3.75. The van der Waals surface area contributed by atoms with E-state index in [1.165, 1.54) is 18.3 Å². The maximum atomic E-state index is 12.5. The van der Waals surface area contributed by atoms with Crippen molar-refractivity contribution < 1.29 is 8.42 Å². The first-order chi connectivity index (χ1) is 9.31. The van der Waals surface area contributed by atoms with Crippen LogP contribution < -0.4 is 10.5 Å². The van der Waals surface area contributed by atoms with Crippen LogP contribution in [0.25, 0.3) is 0 Å². The van der Waals surface area contributed by atoms with Gasteiger partial charge in [-0.15, -0.1) is 0 Å². The van der Waals surface area contributed by atoms with Crippen LogP contribution in [0.2, 0.25) is 0 Å². The van der Waals surface area contributed by atoms with E-state index in [4.69, 9.17) is 5.73 Å². The maximum Gasteiger partial charge on any atom is 0.264 e. The quantitative estimate of drug-likeness (QED) is 0.746. The van der Waals surface area contributed by atoms with Gasteiger partial charge in [-0.2, -0.15) is 0 Å². The van der Waals surface area contributed by atoms with E-state index < -0.39 is 10.0 Å². The van der Waals surface area contributed by atoms with Gasteiger partial charge in [-0.1, -0.05) is 0 Å². The molecular weight excluding hydrogens is 410 g/mol. The highest BCUT2D eigenvalue weighted by Crippen LogP contribution is 2.33. The standard InChI is InChI=1S/C12H11Br2N3O2S/c1-7-2-3-16-6-11(7)17-20(18,19)12-9(13)4-8(15)5-10(12)14/h2-6,17H,15H2,1H3. The first kappa shape index (κ1) is 15.3. The van der Waals surface area contributed by atoms with Gasteiger partial charge in [0.2, 0.25) is 0 Å². The third-order valence-corrected chi connectivity index (χ3v) is 5.81. The molecule has 2 rings (SSSR count). The summed E-state index contributed by atoms with van der Waals surface area (Å²) in [5.74, 6) is 0. The van der Waals surface area contributed by atoms with E-state index in [0.29, 0.717) is 20.3 Å². The van der Waals surface area contributed by atoms with Crippen LogP contribution in [0.5, 0.6) is 0 Å². The summed E-state index contributed by atoms with van der Waals surface area (Å²) >= 11 is 6.44. The summed E-state index contributed by atoms with van der Waals surface area (Å²) in [5, 5.41) is 0. The summed E-state index contributed by atoms with van der Waals surface area (Å²) in [6.45, 7) is 1.80. The fraction of sp³-hybridized carbons (Fsp3) is 0.0833. The number of aromatic nitrogens is 1. The van der Waals surface area contributed by atoms with Crippen LogP contribution in [0.1, 0.15) is 5.56 Å². The minimum Gasteiger partial charge on any atom is -0.399 e. The van der Waals surface area contributed by atoms with Crippen molar-refractivity contribution in [3.8, 4) is 0 Å². The Morgan fingerprint density at radius 1 is 1.25 bits per heavy atom. The Morgan fingerprint density at radius 3 is 2.40 bits per heavy atom. The molecule has 8 heteroatoms. The minimum absolute atomic E-state index is 0.0925. The van der Waals surface area contributed by atoms with Crippen LogP contribution in [0.3, 0.4) is 0 Å². The Kier molecular flexibility index (Phi) is 4.36. The van der Waals surface area contributed by atoms with Gasteiger partial charge >= 0.3 is 0 Å². The Bertz CT molecular complexity index is 740. The average Bonchev–Trinajstić information content (AvgIpc) is 2.30. The molecule has 106 valence electrons. The molecule has 1 aromatic carbocycles. The van der Waals surface area contributed by atoms with Crippen molar-refractivity contribution >= 4 is 53.3 Å². The van der Waals surface area contributed by atoms with Gasteiger partial charge in [0.05, 0.1) is 11.9 Å². The van der Waals surface area contributed by atoms with E-state index in [2.05, 4.69) is 41.6 Å². The van der Waals surface area contributed by atoms with Crippen molar-refractivity contribution in [1.82, 2.24) is 4.98 Å². The van der Waals surface area contributed by atoms with Crippen LogP contribution >= 0.6 is 31.9 Å². The number of benzene rings is 1. The lowest BCUT2D eigenvalue weighted by Crippen LogP contribution is -2.15. The number of sulfonamides is 1. The van der Waals surface area contributed by atoms with E-state index in [0.717, 1.165) is 5.56 Å². The third kappa shape index (κ3) is 3.13. The van der Waals surface area contributed by atoms with Crippen LogP contribution in [0.15, 0.2) is 44.4 Å². The number of aryl methyl sites for hydroxylation is 1. The van der Waals surface area contributed by atoms with Crippen LogP contribution in [0, 0.1) is 6.92 Å². The Balaban J connectivity index is 2.50. The smallest absolute Gasteiger partial charge is 0.264 e. The van der Waals surface area contributed by atoms with Gasteiger partial charge in [0.15, 0.2) is 0 Å². The molecule has 1 heterocycles. The average molecular weight is 421 g/mol. The zero-order valence-electron chi connectivity index (χ0n) is 10.4. The number of nitrogens with one attached hydrogen (secondary N) is 1. The summed E-state index contributed by atoms with van der Waals surface area (Å²) < 4.78 is 28.2. The molecule has 0 aliphatic carbocycles. The highest BCUT2D eigenvalue weighted by molar-refractivity contribution is 9.11. The number of nitrogens with zero attached hydrogens (tertiary/aromatic N) is 1. The molecule has 2 aromatic rings. The zero-order valence-corrected chi connectivity index (χ0v) is 14.4. The number of rotatable bonds is 3. The van der Waals surface area contributed by atoms with Crippen LogP contribution in [0.4, 0.5) is 11.4 Å². The molecule has 0 fully saturated rings. The topological polar surface area (TPSA) is 85.1 Å². The van der Waals surface area contributed by atoms with Crippen molar-refractivity contribution in [2.24, 2.45) is 0 Å². The highest BCUT2D eigenvalue weighted by atomic mass is 79.9. The lowest BCUT2D eigenvalue weighted by atomic mass is 10.3. The van der Waals surface area contributed by atoms with E-state index in [-0.39, 0.29) is 4.90 Å². The molecule has 20 heavy (non-hydrogen) atoms. The Labute approximate surface area is 133 Å². The van der Waals surface area contributed by atoms with Gasteiger partial charge in [0.25, 0.3) is 10.0 Å². The molecular formula is C12H11Br2N3O2S. The highest BCUT2D eigenvalue weighted by Gasteiger charge is 2.22. The SMILES string of the molecule is Cc1ccncc1NS(=O)(=O)c1c(Br)cc(N)cc1Br. The number of halogens is 2. The second-order valence-electron chi connectivity index (χ2n) is 4.11. The van der Waals surface area contributed by atoms with Crippen LogP contribution in [-0.4, -0.2) is 13.4 Å². The molecule has 0 amide bonds. The normalized spacial score (nSPS) is 11.3. The van der Waals surface area contributed by atoms with Gasteiger partial charge < -0.3 is 5.73 Å². The largest absolute Gasteiger partial charge is 0.399 e. The molecule has 0 saturated heterocycles. The molecule has 3 N–H and O–H groups in total. The van der Waals surface area contributed by atoms with Gasteiger partial charge in [0.1, 0.15) is 4.90 Å². The van der Waals surface area contributed by atoms with Gasteiger partial charge in [-0.25, -0.2) is 8.42 Å². The molecule has 0 aliphatic rings. The van der Waals surface area contributed by atoms with E-state index in [9.17, 15) is 8.42 Å². The van der Waals surface area contributed by atoms with Crippen molar-refractivity contribution in [1.29, 1.82) is 0 Å². The zero-order chi connectivity index (χ0) is 14.9. The van der Waals surface area contributed by atoms with Crippen LogP contribution in [-0.2, 0) is 10.0 Å². The Hall–Kier alpha value is -1.12. The molecule has 1 aromatic heterocycles. The fourth-order valence-corrected chi connectivity index (χ4v) is 5.34. The van der Waals surface area contributed by atoms with Crippen molar-refractivity contribution in [3.05, 3.63) is 45.1 Å². The number of hydrogen-bond acceptors (Lipinski definition) is 4. The summed E-state index contributed by atoms with van der Waals surface area (Å²) in [4.78, 5) is 4.00. The molecule has 0 atom stereocenters. The third-order valence-electron chi connectivity index (χ3n) is 2.57. The molecule has 0 bridgehead atoms. The molecule has 0 radical (unpaired) electrons. The summed E-state index contributed by atoms with van der Waals surface area (Å²) in [6.07, 6.45) is 3.06. The number of pyridine rings is 1. The summed E-state index contributed by atoms with van der Waals surface area (Å²) in [7, 11) is -3.75. The molecule has 0 spiro atoms. The van der Waals surface area contributed by atoms with E-state index in [1.54, 1.807) is 19.2 Å². The predicted molar refractivity (Wildman–Crippen MR) is 86.0 cm³/mol. The Morgan fingerprint density at radius 2 is 1.85 bits per heavy atom. The molecule has 0 saturated carbocycles. The number of anilines is 2. The van der Waals surface area contributed by atoms with Gasteiger partial charge in [-0.3, -0.25) is 9.71 Å². The number of hydrogen-bond donors (Lipinski definition) is 2. The second kappa shape index (κ2) is 5.71. The first-order valence-electron chi connectivity index (χ1n) is 5.49. The van der Waals surface area contributed by atoms with Crippen molar-refractivity contribution in [2.45, 2.75) is 11.8 Å². The van der Waals surface area contributed by atoms with Crippen molar-refractivity contribution in [2.75, 3.05) is 10.5 Å². The molecule has 5 nitrogen and oxygen atoms in total. The maximum absolute atomic E-state index is 12.5. The number of nitrogens with two attached hydrogens (primary N) is 1. The monoisotopic (exact) mass is 419 g/mol. The second-order valence-corrected chi connectivity index (χ2v) is 7.44. The summed E-state index contributed by atoms with van der Waals surface area (Å²) in [5.41, 5.74) is 7.34. The fourth-order valence-electron chi connectivity index (χ4n) is 1.60. The molecule has 0 aliphatic heterocycles. The predicted octanol–water partition coefficient (Wildman–Crippen LogP) is 3.30. The van der Waals surface area contributed by atoms with Gasteiger partial charge in [-0.05, 0) is 62.5 Å². The number of nitrogen functional groups attached to an aromatic ring is 1. The van der Waals surface area contributed by atoms with E-state index in [1.807, 2.05) is 0 Å².